The number of H-pyrrole nitrogens is 1. The largest absolute Gasteiger partial charge is 0.467 e. The zero-order valence-corrected chi connectivity index (χ0v) is 19.4. The lowest BCUT2D eigenvalue weighted by Crippen LogP contribution is -2.54. The molecule has 3 N–H and O–H groups in total. The summed E-state index contributed by atoms with van der Waals surface area (Å²) < 4.78 is 4.92. The first kappa shape index (κ1) is 22.6. The summed E-state index contributed by atoms with van der Waals surface area (Å²) in [6, 6.07) is 12.1. The van der Waals surface area contributed by atoms with E-state index in [1.54, 1.807) is 4.90 Å². The molecule has 2 aromatic carbocycles. The van der Waals surface area contributed by atoms with E-state index in [1.165, 1.54) is 7.11 Å². The number of benzene rings is 2. The van der Waals surface area contributed by atoms with Crippen molar-refractivity contribution >= 4 is 34.8 Å². The van der Waals surface area contributed by atoms with Crippen LogP contribution in [-0.2, 0) is 22.5 Å². The maximum atomic E-state index is 13.0. The number of amides is 4. The molecule has 0 saturated carbocycles. The predicted molar refractivity (Wildman–Crippen MR) is 128 cm³/mol. The summed E-state index contributed by atoms with van der Waals surface area (Å²) in [5.41, 5.74) is 4.24. The van der Waals surface area contributed by atoms with E-state index in [2.05, 4.69) is 26.0 Å². The van der Waals surface area contributed by atoms with Crippen molar-refractivity contribution in [3.05, 3.63) is 53.6 Å². The number of para-hydroxylation sites is 1. The Balaban J connectivity index is 1.19. The molecular weight excluding hydrogens is 450 g/mol. The molecule has 1 fully saturated rings. The average Bonchev–Trinajstić information content (AvgIpc) is 3.35. The fourth-order valence-electron chi connectivity index (χ4n) is 4.72. The number of hydrogen-bond acceptors (Lipinski definition) is 6. The van der Waals surface area contributed by atoms with Gasteiger partial charge in [-0.25, -0.2) is 14.4 Å². The molecule has 3 aromatic rings. The van der Waals surface area contributed by atoms with E-state index in [-0.39, 0.29) is 24.5 Å². The highest BCUT2D eigenvalue weighted by Gasteiger charge is 2.33. The number of aromatic amines is 1. The van der Waals surface area contributed by atoms with E-state index in [0.717, 1.165) is 22.3 Å². The van der Waals surface area contributed by atoms with E-state index in [4.69, 9.17) is 4.74 Å². The van der Waals surface area contributed by atoms with Crippen molar-refractivity contribution < 1.29 is 19.1 Å². The number of carbonyl (C=O) groups excluding carboxylic acids is 3. The molecule has 11 nitrogen and oxygen atoms in total. The van der Waals surface area contributed by atoms with Gasteiger partial charge < -0.3 is 25.2 Å². The first-order valence-corrected chi connectivity index (χ1v) is 11.6. The molecule has 5 rings (SSSR count). The van der Waals surface area contributed by atoms with Crippen LogP contribution in [0.5, 0.6) is 0 Å². The highest BCUT2D eigenvalue weighted by atomic mass is 16.5. The summed E-state index contributed by atoms with van der Waals surface area (Å²) in [5, 5.41) is 16.3. The Morgan fingerprint density at radius 1 is 1.20 bits per heavy atom. The molecule has 0 radical (unpaired) electrons. The van der Waals surface area contributed by atoms with Crippen LogP contribution >= 0.6 is 0 Å². The van der Waals surface area contributed by atoms with Gasteiger partial charge in [-0.2, -0.15) is 0 Å². The van der Waals surface area contributed by atoms with Crippen LogP contribution in [0.1, 0.15) is 24.0 Å². The molecule has 2 aliphatic heterocycles. The summed E-state index contributed by atoms with van der Waals surface area (Å²) >= 11 is 0. The van der Waals surface area contributed by atoms with Crippen LogP contribution in [0.15, 0.2) is 42.5 Å². The number of piperidine rings is 1. The van der Waals surface area contributed by atoms with Crippen molar-refractivity contribution in [1.82, 2.24) is 30.5 Å². The van der Waals surface area contributed by atoms with Gasteiger partial charge >= 0.3 is 18.0 Å². The fourth-order valence-corrected chi connectivity index (χ4v) is 4.72. The number of rotatable bonds is 5. The van der Waals surface area contributed by atoms with Gasteiger partial charge in [0.25, 0.3) is 0 Å². The van der Waals surface area contributed by atoms with Gasteiger partial charge in [0.05, 0.1) is 12.6 Å². The molecule has 35 heavy (non-hydrogen) atoms. The van der Waals surface area contributed by atoms with Gasteiger partial charge in [0, 0.05) is 37.8 Å². The number of carbonyl (C=O) groups is 3. The molecule has 0 unspecified atom stereocenters. The van der Waals surface area contributed by atoms with Crippen LogP contribution in [0.2, 0.25) is 0 Å². The second kappa shape index (κ2) is 9.61. The summed E-state index contributed by atoms with van der Waals surface area (Å²) in [7, 11) is 1.30. The number of aromatic nitrogens is 3. The maximum Gasteiger partial charge on any atom is 0.328 e. The Hall–Kier alpha value is -4.15. The number of ether oxygens (including phenoxy) is 1. The topological polar surface area (TPSA) is 133 Å². The highest BCUT2D eigenvalue weighted by Crippen LogP contribution is 2.27. The van der Waals surface area contributed by atoms with Crippen molar-refractivity contribution in [1.29, 1.82) is 0 Å². The number of hydrogen-bond donors (Lipinski definition) is 3. The summed E-state index contributed by atoms with van der Waals surface area (Å²) in [6.45, 7) is 1.53. The number of fused-ring (bicyclic) bond motifs is 2. The Morgan fingerprint density at radius 2 is 2.00 bits per heavy atom. The molecule has 1 aromatic heterocycles. The van der Waals surface area contributed by atoms with Gasteiger partial charge in [-0.15, -0.1) is 5.10 Å². The van der Waals surface area contributed by atoms with Gasteiger partial charge in [0.1, 0.15) is 11.6 Å². The summed E-state index contributed by atoms with van der Waals surface area (Å²) in [4.78, 5) is 41.5. The molecule has 11 heteroatoms. The second-order valence-electron chi connectivity index (χ2n) is 8.83. The van der Waals surface area contributed by atoms with E-state index in [9.17, 15) is 14.4 Å². The minimum absolute atomic E-state index is 0.0398. The number of likely N-dealkylation sites (tertiary alicyclic amines) is 1. The number of nitrogens with zero attached hydrogens (tertiary/aromatic N) is 4. The van der Waals surface area contributed by atoms with Gasteiger partial charge in [-0.3, -0.25) is 5.10 Å². The zero-order valence-electron chi connectivity index (χ0n) is 19.4. The molecule has 1 saturated heterocycles. The van der Waals surface area contributed by atoms with Crippen LogP contribution < -0.4 is 10.6 Å². The van der Waals surface area contributed by atoms with Gasteiger partial charge in [-0.05, 0) is 42.2 Å². The number of urea groups is 2. The Morgan fingerprint density at radius 3 is 2.80 bits per heavy atom. The third-order valence-corrected chi connectivity index (χ3v) is 6.67. The second-order valence-corrected chi connectivity index (χ2v) is 8.83. The third kappa shape index (κ3) is 4.75. The Labute approximate surface area is 201 Å². The van der Waals surface area contributed by atoms with E-state index in [1.807, 2.05) is 47.4 Å². The van der Waals surface area contributed by atoms with Crippen LogP contribution in [0, 0.1) is 0 Å². The van der Waals surface area contributed by atoms with Gasteiger partial charge in [0.15, 0.2) is 0 Å². The van der Waals surface area contributed by atoms with Crippen LogP contribution in [-0.4, -0.2) is 75.5 Å². The molecule has 3 heterocycles. The summed E-state index contributed by atoms with van der Waals surface area (Å²) in [6.07, 6.45) is 1.59. The normalized spacial score (nSPS) is 17.0. The van der Waals surface area contributed by atoms with Crippen LogP contribution in [0.25, 0.3) is 11.0 Å². The predicted octanol–water partition coefficient (Wildman–Crippen LogP) is 2.26. The minimum atomic E-state index is -0.834. The molecule has 182 valence electrons. The third-order valence-electron chi connectivity index (χ3n) is 6.67. The lowest BCUT2D eigenvalue weighted by Gasteiger charge is -2.40. The molecule has 1 atom stereocenters. The zero-order chi connectivity index (χ0) is 24.4. The first-order valence-electron chi connectivity index (χ1n) is 11.6. The fraction of sp³-hybridized carbons (Fsp3) is 0.375. The molecule has 0 bridgehead atoms. The quantitative estimate of drug-likeness (QED) is 0.483. The number of esters is 1. The number of nitrogens with one attached hydrogen (secondary N) is 3. The smallest absolute Gasteiger partial charge is 0.328 e. The number of methoxy groups -OCH3 is 1. The molecule has 0 spiro atoms. The van der Waals surface area contributed by atoms with Crippen LogP contribution in [0.3, 0.4) is 0 Å². The molecule has 2 aliphatic rings. The highest BCUT2D eigenvalue weighted by molar-refractivity contribution is 5.92. The van der Waals surface area contributed by atoms with Crippen molar-refractivity contribution in [3.8, 4) is 0 Å². The minimum Gasteiger partial charge on any atom is -0.467 e. The Kier molecular flexibility index (Phi) is 6.21. The molecular formula is C24H27N7O4. The number of anilines is 1. The average molecular weight is 478 g/mol. The lowest BCUT2D eigenvalue weighted by molar-refractivity contribution is -0.142. The van der Waals surface area contributed by atoms with Crippen molar-refractivity contribution in [3.63, 3.8) is 0 Å². The van der Waals surface area contributed by atoms with E-state index >= 15 is 0 Å². The van der Waals surface area contributed by atoms with Gasteiger partial charge in [0.2, 0.25) is 0 Å². The lowest BCUT2D eigenvalue weighted by atomic mass is 10.0. The van der Waals surface area contributed by atoms with E-state index < -0.39 is 12.0 Å². The maximum absolute atomic E-state index is 13.0. The Bertz CT molecular complexity index is 1250. The van der Waals surface area contributed by atoms with Gasteiger partial charge in [-0.1, -0.05) is 29.5 Å². The molecule has 4 amide bonds. The first-order chi connectivity index (χ1) is 17.0. The summed E-state index contributed by atoms with van der Waals surface area (Å²) in [5.74, 6) is -0.517. The SMILES string of the molecule is COC(=O)[C@@H](Cc1ccc2[nH]nnc2c1)NC(=O)N1CCC(N2Cc3ccccc3NC2=O)CC1. The van der Waals surface area contributed by atoms with Crippen molar-refractivity contribution in [2.24, 2.45) is 0 Å². The molecule has 0 aliphatic carbocycles. The van der Waals surface area contributed by atoms with Crippen molar-refractivity contribution in [2.75, 3.05) is 25.5 Å². The van der Waals surface area contributed by atoms with Crippen molar-refractivity contribution in [2.45, 2.75) is 37.9 Å². The standard InChI is InChI=1S/C24H27N7O4/c1-35-22(32)21(13-15-6-7-19-20(12-15)28-29-27-19)26-23(33)30-10-8-17(9-11-30)31-14-16-4-2-3-5-18(16)25-24(31)34/h2-7,12,17,21H,8-11,13-14H2,1H3,(H,25,34)(H,26,33)(H,27,28,29)/t21-/m1/s1. The van der Waals surface area contributed by atoms with Crippen LogP contribution in [0.4, 0.5) is 15.3 Å². The van der Waals surface area contributed by atoms with E-state index in [0.29, 0.717) is 38.0 Å². The monoisotopic (exact) mass is 477 g/mol.